The van der Waals surface area contributed by atoms with Gasteiger partial charge in [-0.05, 0) is 102 Å². The van der Waals surface area contributed by atoms with Gasteiger partial charge in [-0.25, -0.2) is 4.99 Å². The topological polar surface area (TPSA) is 100.0 Å². The maximum atomic E-state index is 13.1. The second-order valence-electron chi connectivity index (χ2n) is 12.6. The first-order valence-electron chi connectivity index (χ1n) is 16.9. The number of likely N-dealkylation sites (N-methyl/N-ethyl adjacent to an activating group) is 1. The van der Waals surface area contributed by atoms with E-state index in [0.717, 1.165) is 67.6 Å². The fraction of sp³-hybridized carbons (Fsp3) is 0.410. The quantitative estimate of drug-likeness (QED) is 0.0596. The summed E-state index contributed by atoms with van der Waals surface area (Å²) in [4.78, 5) is 33.1. The summed E-state index contributed by atoms with van der Waals surface area (Å²) in [6.07, 6.45) is 10.2. The molecule has 3 N–H and O–H groups in total. The number of nitrogens with one attached hydrogen (secondary N) is 3. The van der Waals surface area contributed by atoms with Gasteiger partial charge < -0.3 is 30.2 Å². The van der Waals surface area contributed by atoms with Gasteiger partial charge in [0.2, 0.25) is 5.91 Å². The lowest BCUT2D eigenvalue weighted by atomic mass is 9.96. The first-order chi connectivity index (χ1) is 23.1. The van der Waals surface area contributed by atoms with Crippen LogP contribution in [0.15, 0.2) is 77.2 Å². The average Bonchev–Trinajstić information content (AvgIpc) is 3.45. The molecule has 1 aromatic heterocycles. The Bertz CT molecular complexity index is 1740. The van der Waals surface area contributed by atoms with E-state index in [0.29, 0.717) is 41.6 Å². The zero-order chi connectivity index (χ0) is 34.8. The molecule has 9 heteroatoms. The SMILES string of the molecule is C=CC(=O)Nc1cc(NC(/N=C(\C(=C/C)CCCOC)c2cn3c4c(cccc24)CCC3)=C(/C)CC)c(C(C)=O)cc1NCCN(C)C. The Morgan fingerprint density at radius 1 is 1.10 bits per heavy atom. The van der Waals surface area contributed by atoms with Crippen LogP contribution in [0.4, 0.5) is 17.1 Å². The number of nitrogens with zero attached hydrogens (tertiary/aromatic N) is 3. The van der Waals surface area contributed by atoms with Gasteiger partial charge in [-0.1, -0.05) is 37.8 Å². The lowest BCUT2D eigenvalue weighted by Crippen LogP contribution is -2.22. The molecule has 0 fully saturated rings. The van der Waals surface area contributed by atoms with E-state index in [4.69, 9.17) is 9.73 Å². The number of amides is 1. The number of para-hydroxylation sites is 1. The predicted molar refractivity (Wildman–Crippen MR) is 201 cm³/mol. The van der Waals surface area contributed by atoms with Crippen LogP contribution in [0, 0.1) is 0 Å². The van der Waals surface area contributed by atoms with Crippen molar-refractivity contribution in [2.45, 2.75) is 66.3 Å². The number of allylic oxidation sites excluding steroid dienone is 3. The maximum Gasteiger partial charge on any atom is 0.247 e. The van der Waals surface area contributed by atoms with Gasteiger partial charge in [0, 0.05) is 56.1 Å². The molecule has 0 saturated carbocycles. The number of hydrogen-bond donors (Lipinski definition) is 3. The molecule has 0 saturated heterocycles. The van der Waals surface area contributed by atoms with Gasteiger partial charge >= 0.3 is 0 Å². The van der Waals surface area contributed by atoms with Crippen molar-refractivity contribution in [1.82, 2.24) is 9.47 Å². The molecule has 1 amide bonds. The Kier molecular flexibility index (Phi) is 12.9. The number of anilines is 3. The van der Waals surface area contributed by atoms with E-state index in [1.165, 1.54) is 22.5 Å². The van der Waals surface area contributed by atoms with Crippen LogP contribution < -0.4 is 16.0 Å². The number of carbonyl (C=O) groups is 2. The molecule has 0 atom stereocenters. The summed E-state index contributed by atoms with van der Waals surface area (Å²) in [7, 11) is 5.72. The fourth-order valence-electron chi connectivity index (χ4n) is 6.03. The highest BCUT2D eigenvalue weighted by Gasteiger charge is 2.22. The summed E-state index contributed by atoms with van der Waals surface area (Å²) in [5.41, 5.74) is 9.07. The van der Waals surface area contributed by atoms with Crippen molar-refractivity contribution >= 4 is 45.4 Å². The van der Waals surface area contributed by atoms with Gasteiger partial charge in [0.25, 0.3) is 0 Å². The number of benzene rings is 2. The first kappa shape index (κ1) is 36.4. The van der Waals surface area contributed by atoms with Crippen molar-refractivity contribution in [3.63, 3.8) is 0 Å². The standard InChI is InChI=1S/C39H52N6O3/c1-9-26(4)39(42-33-24-35(41-36(47)11-3)34(23-31(33)27(5)46)40-19-21-44(6)7)43-37(28(10-2)17-14-22-48-8)32-25-45-20-13-16-29-15-12-18-30(32)38(29)45/h10-12,15,18,23-25,40,42H,3,9,13-14,16-17,19-22H2,1-2,4-8H3,(H,41,47)/b28-10-,39-26+,43-37+. The highest BCUT2D eigenvalue weighted by atomic mass is 16.5. The Morgan fingerprint density at radius 3 is 2.56 bits per heavy atom. The molecule has 0 radical (unpaired) electrons. The summed E-state index contributed by atoms with van der Waals surface area (Å²) >= 11 is 0. The minimum Gasteiger partial charge on any atom is -0.385 e. The molecule has 0 aliphatic carbocycles. The number of hydrogen-bond acceptors (Lipinski definition) is 7. The predicted octanol–water partition coefficient (Wildman–Crippen LogP) is 7.80. The van der Waals surface area contributed by atoms with E-state index >= 15 is 0 Å². The Balaban J connectivity index is 1.89. The van der Waals surface area contributed by atoms with Gasteiger partial charge in [-0.3, -0.25) is 9.59 Å². The molecule has 0 unspecified atom stereocenters. The lowest BCUT2D eigenvalue weighted by molar-refractivity contribution is -0.111. The van der Waals surface area contributed by atoms with Gasteiger partial charge in [-0.2, -0.15) is 0 Å². The van der Waals surface area contributed by atoms with Crippen LogP contribution in [-0.2, 0) is 22.5 Å². The number of carbonyl (C=O) groups excluding carboxylic acids is 2. The van der Waals surface area contributed by atoms with Crippen molar-refractivity contribution in [3.8, 4) is 0 Å². The molecule has 4 rings (SSSR count). The molecule has 48 heavy (non-hydrogen) atoms. The van der Waals surface area contributed by atoms with Crippen LogP contribution in [0.3, 0.4) is 0 Å². The number of ketones is 1. The average molecular weight is 653 g/mol. The number of aromatic nitrogens is 1. The maximum absolute atomic E-state index is 13.1. The monoisotopic (exact) mass is 652 g/mol. The zero-order valence-corrected chi connectivity index (χ0v) is 29.8. The second-order valence-corrected chi connectivity index (χ2v) is 12.6. The number of ether oxygens (including phenoxy) is 1. The van der Waals surface area contributed by atoms with E-state index in [1.807, 2.05) is 20.2 Å². The summed E-state index contributed by atoms with van der Waals surface area (Å²) in [5.74, 6) is 0.229. The highest BCUT2D eigenvalue weighted by Crippen LogP contribution is 2.35. The highest BCUT2D eigenvalue weighted by molar-refractivity contribution is 6.20. The minimum absolute atomic E-state index is 0.102. The number of methoxy groups -OCH3 is 1. The normalized spacial score (nSPS) is 13.8. The van der Waals surface area contributed by atoms with Gasteiger partial charge in [-0.15, -0.1) is 0 Å². The van der Waals surface area contributed by atoms with Crippen LogP contribution in [0.2, 0.25) is 0 Å². The smallest absolute Gasteiger partial charge is 0.247 e. The third-order valence-electron chi connectivity index (χ3n) is 8.80. The molecular weight excluding hydrogens is 600 g/mol. The number of aliphatic imine (C=N–C) groups is 1. The van der Waals surface area contributed by atoms with Gasteiger partial charge in [0.1, 0.15) is 5.82 Å². The summed E-state index contributed by atoms with van der Waals surface area (Å²) in [6.45, 7) is 14.4. The molecule has 1 aliphatic heterocycles. The number of Topliss-reactive ketones (excluding diaryl/α,β-unsaturated/α-hetero) is 1. The molecular formula is C39H52N6O3. The van der Waals surface area contributed by atoms with Crippen molar-refractivity contribution in [2.75, 3.05) is 56.9 Å². The summed E-state index contributed by atoms with van der Waals surface area (Å²) in [5, 5.41) is 11.1. The van der Waals surface area contributed by atoms with E-state index in [1.54, 1.807) is 20.1 Å². The van der Waals surface area contributed by atoms with Crippen molar-refractivity contribution in [3.05, 3.63) is 88.9 Å². The molecule has 2 heterocycles. The van der Waals surface area contributed by atoms with Gasteiger partial charge in [0.15, 0.2) is 5.78 Å². The molecule has 3 aromatic rings. The first-order valence-corrected chi connectivity index (χ1v) is 16.9. The van der Waals surface area contributed by atoms with Crippen LogP contribution in [0.1, 0.15) is 74.9 Å². The Hall–Kier alpha value is -4.47. The van der Waals surface area contributed by atoms with E-state index in [2.05, 4.69) is 83.2 Å². The molecule has 0 bridgehead atoms. The number of rotatable bonds is 17. The summed E-state index contributed by atoms with van der Waals surface area (Å²) < 4.78 is 7.78. The third-order valence-corrected chi connectivity index (χ3v) is 8.80. The van der Waals surface area contributed by atoms with Crippen molar-refractivity contribution in [2.24, 2.45) is 4.99 Å². The minimum atomic E-state index is -0.338. The largest absolute Gasteiger partial charge is 0.385 e. The van der Waals surface area contributed by atoms with Crippen molar-refractivity contribution in [1.29, 1.82) is 0 Å². The molecule has 1 aliphatic rings. The zero-order valence-electron chi connectivity index (χ0n) is 29.8. The van der Waals surface area contributed by atoms with Crippen LogP contribution >= 0.6 is 0 Å². The second kappa shape index (κ2) is 17.1. The molecule has 2 aromatic carbocycles. The molecule has 0 spiro atoms. The van der Waals surface area contributed by atoms with Crippen LogP contribution in [-0.4, -0.2) is 67.8 Å². The summed E-state index contributed by atoms with van der Waals surface area (Å²) in [6, 6.07) is 10.2. The van der Waals surface area contributed by atoms with Crippen molar-refractivity contribution < 1.29 is 14.3 Å². The number of aryl methyl sites for hydroxylation is 2. The van der Waals surface area contributed by atoms with Crippen LogP contribution in [0.5, 0.6) is 0 Å². The lowest BCUT2D eigenvalue weighted by Gasteiger charge is -2.20. The van der Waals surface area contributed by atoms with E-state index in [-0.39, 0.29) is 11.7 Å². The van der Waals surface area contributed by atoms with Gasteiger partial charge in [0.05, 0.1) is 28.3 Å². The van der Waals surface area contributed by atoms with E-state index < -0.39 is 0 Å². The third kappa shape index (κ3) is 8.70. The Morgan fingerprint density at radius 2 is 1.90 bits per heavy atom. The Labute approximate surface area is 285 Å². The molecule has 9 nitrogen and oxygen atoms in total. The van der Waals surface area contributed by atoms with Crippen LogP contribution in [0.25, 0.3) is 10.9 Å². The van der Waals surface area contributed by atoms with E-state index in [9.17, 15) is 9.59 Å². The fourth-order valence-corrected chi connectivity index (χ4v) is 6.03. The molecule has 256 valence electrons.